The lowest BCUT2D eigenvalue weighted by molar-refractivity contribution is -0.137. The van der Waals surface area contributed by atoms with Gasteiger partial charge in [0.2, 0.25) is 0 Å². The van der Waals surface area contributed by atoms with Crippen molar-refractivity contribution in [3.63, 3.8) is 0 Å². The van der Waals surface area contributed by atoms with Gasteiger partial charge in [0, 0.05) is 12.3 Å². The van der Waals surface area contributed by atoms with Crippen LogP contribution in [0.4, 0.5) is 13.2 Å². The highest BCUT2D eigenvalue weighted by Crippen LogP contribution is 2.30. The summed E-state index contributed by atoms with van der Waals surface area (Å²) in [6.07, 6.45) is -1.28. The van der Waals surface area contributed by atoms with E-state index in [0.717, 1.165) is 22.7 Å². The Morgan fingerprint density at radius 3 is 2.66 bits per heavy atom. The first-order valence-electron chi connectivity index (χ1n) is 7.97. The Labute approximate surface area is 158 Å². The number of alkyl halides is 3. The number of oxazole rings is 1. The zero-order chi connectivity index (χ0) is 20.8. The largest absolute Gasteiger partial charge is 0.462 e. The molecule has 29 heavy (non-hydrogen) atoms. The first-order chi connectivity index (χ1) is 13.8. The third kappa shape index (κ3) is 3.24. The van der Waals surface area contributed by atoms with E-state index in [1.807, 2.05) is 0 Å². The van der Waals surface area contributed by atoms with Gasteiger partial charge in [0.05, 0.1) is 42.0 Å². The smallest absolute Gasteiger partial charge is 0.417 e. The van der Waals surface area contributed by atoms with Gasteiger partial charge in [-0.05, 0) is 12.1 Å². The van der Waals surface area contributed by atoms with Crippen LogP contribution in [0.25, 0.3) is 28.4 Å². The van der Waals surface area contributed by atoms with Gasteiger partial charge in [0.25, 0.3) is 5.56 Å². The molecule has 148 valence electrons. The van der Waals surface area contributed by atoms with E-state index in [0.29, 0.717) is 11.8 Å². The van der Waals surface area contributed by atoms with E-state index in [-0.39, 0.29) is 28.7 Å². The van der Waals surface area contributed by atoms with Gasteiger partial charge in [-0.2, -0.15) is 22.8 Å². The molecule has 0 fully saturated rings. The number of rotatable bonds is 3. The molecular formula is C17H10F3N5O4. The van der Waals surface area contributed by atoms with Crippen LogP contribution in [0.3, 0.4) is 0 Å². The molecule has 0 aromatic carbocycles. The van der Waals surface area contributed by atoms with Gasteiger partial charge in [0.15, 0.2) is 5.76 Å². The van der Waals surface area contributed by atoms with Crippen molar-refractivity contribution in [2.45, 2.75) is 6.18 Å². The summed E-state index contributed by atoms with van der Waals surface area (Å²) in [5, 5.41) is 3.95. The van der Waals surface area contributed by atoms with E-state index in [1.165, 1.54) is 19.5 Å². The summed E-state index contributed by atoms with van der Waals surface area (Å²) >= 11 is 0. The van der Waals surface area contributed by atoms with Crippen LogP contribution in [0.1, 0.15) is 16.2 Å². The number of ether oxygens (including phenoxy) is 1. The van der Waals surface area contributed by atoms with Gasteiger partial charge in [-0.25, -0.2) is 9.78 Å². The number of H-pyrrole nitrogens is 1. The second-order valence-electron chi connectivity index (χ2n) is 5.79. The van der Waals surface area contributed by atoms with Crippen LogP contribution >= 0.6 is 0 Å². The van der Waals surface area contributed by atoms with Crippen LogP contribution in [-0.4, -0.2) is 37.6 Å². The molecule has 1 N–H and O–H groups in total. The van der Waals surface area contributed by atoms with Crippen molar-refractivity contribution in [1.82, 2.24) is 24.6 Å². The molecule has 0 amide bonds. The number of hydrogen-bond acceptors (Lipinski definition) is 7. The zero-order valence-electron chi connectivity index (χ0n) is 14.5. The number of fused-ring (bicyclic) bond motifs is 1. The maximum absolute atomic E-state index is 12.7. The normalized spacial score (nSPS) is 11.7. The predicted molar refractivity (Wildman–Crippen MR) is 90.9 cm³/mol. The van der Waals surface area contributed by atoms with Crippen LogP contribution in [0.5, 0.6) is 0 Å². The molecule has 0 saturated heterocycles. The number of methoxy groups -OCH3 is 1. The Morgan fingerprint density at radius 1 is 1.21 bits per heavy atom. The summed E-state index contributed by atoms with van der Waals surface area (Å²) in [6.45, 7) is 0. The third-order valence-electron chi connectivity index (χ3n) is 4.00. The van der Waals surface area contributed by atoms with E-state index in [4.69, 9.17) is 4.42 Å². The average Bonchev–Trinajstić information content (AvgIpc) is 3.34. The second kappa shape index (κ2) is 6.58. The van der Waals surface area contributed by atoms with Gasteiger partial charge < -0.3 is 14.1 Å². The van der Waals surface area contributed by atoms with E-state index < -0.39 is 23.3 Å². The molecule has 0 aliphatic heterocycles. The van der Waals surface area contributed by atoms with E-state index in [1.54, 1.807) is 0 Å². The number of aromatic nitrogens is 5. The lowest BCUT2D eigenvalue weighted by atomic mass is 10.2. The van der Waals surface area contributed by atoms with E-state index in [9.17, 15) is 22.8 Å². The highest BCUT2D eigenvalue weighted by molar-refractivity contribution is 5.85. The number of nitrogens with one attached hydrogen (secondary N) is 1. The molecule has 0 unspecified atom stereocenters. The fraction of sp³-hybridized carbons (Fsp3) is 0.118. The van der Waals surface area contributed by atoms with Crippen molar-refractivity contribution in [3.8, 4) is 22.7 Å². The van der Waals surface area contributed by atoms with Crippen LogP contribution < -0.4 is 5.56 Å². The van der Waals surface area contributed by atoms with Crippen molar-refractivity contribution in [1.29, 1.82) is 0 Å². The highest BCUT2D eigenvalue weighted by atomic mass is 19.4. The number of esters is 1. The van der Waals surface area contributed by atoms with Gasteiger partial charge in [-0.15, -0.1) is 0 Å². The molecule has 0 saturated carbocycles. The maximum Gasteiger partial charge on any atom is 0.417 e. The molecule has 0 radical (unpaired) electrons. The SMILES string of the molecule is COC(=O)c1ncc(-c2cnn3c(=O)cc(-c4ccc(C(F)(F)F)cn4)[nH]c23)o1. The number of halogens is 3. The molecule has 0 aliphatic carbocycles. The summed E-state index contributed by atoms with van der Waals surface area (Å²) in [6, 6.07) is 3.16. The third-order valence-corrected chi connectivity index (χ3v) is 4.00. The number of pyridine rings is 1. The number of aromatic amines is 1. The topological polar surface area (TPSA) is 115 Å². The van der Waals surface area contributed by atoms with Gasteiger partial charge >= 0.3 is 18.0 Å². The van der Waals surface area contributed by atoms with Gasteiger partial charge in [-0.3, -0.25) is 9.78 Å². The quantitative estimate of drug-likeness (QED) is 0.521. The predicted octanol–water partition coefficient (Wildman–Crippen LogP) is 2.54. The minimum Gasteiger partial charge on any atom is -0.462 e. The number of hydrogen-bond donors (Lipinski definition) is 1. The molecule has 4 rings (SSSR count). The molecule has 9 nitrogen and oxygen atoms in total. The minimum absolute atomic E-state index is 0.123. The molecule has 0 spiro atoms. The fourth-order valence-electron chi connectivity index (χ4n) is 2.60. The monoisotopic (exact) mass is 405 g/mol. The molecule has 4 aromatic rings. The Bertz CT molecular complexity index is 1270. The van der Waals surface area contributed by atoms with Gasteiger partial charge in [-0.1, -0.05) is 0 Å². The number of nitrogens with zero attached hydrogens (tertiary/aromatic N) is 4. The fourth-order valence-corrected chi connectivity index (χ4v) is 2.60. The van der Waals surface area contributed by atoms with Crippen LogP contribution in [0, 0.1) is 0 Å². The van der Waals surface area contributed by atoms with Crippen LogP contribution in [0.2, 0.25) is 0 Å². The Balaban J connectivity index is 1.80. The molecule has 12 heteroatoms. The maximum atomic E-state index is 12.7. The number of carbonyl (C=O) groups is 1. The zero-order valence-corrected chi connectivity index (χ0v) is 14.5. The van der Waals surface area contributed by atoms with Crippen LogP contribution in [-0.2, 0) is 10.9 Å². The summed E-state index contributed by atoms with van der Waals surface area (Å²) in [5.74, 6) is -0.936. The summed E-state index contributed by atoms with van der Waals surface area (Å²) in [4.78, 5) is 34.3. The van der Waals surface area contributed by atoms with Crippen LogP contribution in [0.15, 0.2) is 46.0 Å². The minimum atomic E-state index is -4.52. The first-order valence-corrected chi connectivity index (χ1v) is 7.97. The average molecular weight is 405 g/mol. The summed E-state index contributed by atoms with van der Waals surface area (Å²) < 4.78 is 49.0. The van der Waals surface area contributed by atoms with Crippen molar-refractivity contribution in [3.05, 3.63) is 58.6 Å². The molecular weight excluding hydrogens is 395 g/mol. The molecule has 4 aromatic heterocycles. The Hall–Kier alpha value is -3.96. The standard InChI is InChI=1S/C17H10F3N5O4/c1-28-16(27)15-22-7-12(29-15)9-6-23-25-13(26)4-11(24-14(9)25)10-3-2-8(5-21-10)17(18,19)20/h2-7,24H,1H3. The molecule has 4 heterocycles. The first kappa shape index (κ1) is 18.4. The number of carbonyl (C=O) groups excluding carboxylic acids is 1. The van der Waals surface area contributed by atoms with Crippen molar-refractivity contribution in [2.24, 2.45) is 0 Å². The Morgan fingerprint density at radius 2 is 2.00 bits per heavy atom. The summed E-state index contributed by atoms with van der Waals surface area (Å²) in [7, 11) is 1.17. The highest BCUT2D eigenvalue weighted by Gasteiger charge is 2.30. The molecule has 0 bridgehead atoms. The Kier molecular flexibility index (Phi) is 4.18. The molecule has 0 atom stereocenters. The lowest BCUT2D eigenvalue weighted by Gasteiger charge is -2.07. The van der Waals surface area contributed by atoms with Crippen molar-refractivity contribution in [2.75, 3.05) is 7.11 Å². The van der Waals surface area contributed by atoms with E-state index >= 15 is 0 Å². The van der Waals surface area contributed by atoms with Gasteiger partial charge in [0.1, 0.15) is 5.65 Å². The van der Waals surface area contributed by atoms with Crippen molar-refractivity contribution < 1.29 is 27.1 Å². The summed E-state index contributed by atoms with van der Waals surface area (Å²) in [5.41, 5.74) is -0.676. The lowest BCUT2D eigenvalue weighted by Crippen LogP contribution is -2.14. The van der Waals surface area contributed by atoms with Crippen molar-refractivity contribution >= 4 is 11.6 Å². The molecule has 0 aliphatic rings. The van der Waals surface area contributed by atoms with E-state index in [2.05, 4.69) is 24.8 Å². The second-order valence-corrected chi connectivity index (χ2v) is 5.79.